The van der Waals surface area contributed by atoms with Crippen molar-refractivity contribution in [3.63, 3.8) is 0 Å². The Morgan fingerprint density at radius 3 is 2.42 bits per heavy atom. The largest absolute Gasteiger partial charge is 0.508 e. The molecule has 0 aliphatic carbocycles. The number of amides is 2. The molecule has 2 amide bonds. The van der Waals surface area contributed by atoms with Gasteiger partial charge in [-0.2, -0.15) is 0 Å². The second kappa shape index (κ2) is 6.25. The molecule has 1 aliphatic rings. The topological polar surface area (TPSA) is 78.9 Å². The lowest BCUT2D eigenvalue weighted by Crippen LogP contribution is -2.32. The monoisotopic (exact) mass is 344 g/mol. The van der Waals surface area contributed by atoms with Crippen LogP contribution < -0.4 is 15.0 Å². The predicted octanol–water partition coefficient (Wildman–Crippen LogP) is 2.84. The zero-order valence-electron chi connectivity index (χ0n) is 12.6. The van der Waals surface area contributed by atoms with Crippen LogP contribution in [0.2, 0.25) is 0 Å². The Kier molecular flexibility index (Phi) is 4.14. The summed E-state index contributed by atoms with van der Waals surface area (Å²) in [5.41, 5.74) is 0.792. The molecule has 0 bridgehead atoms. The normalized spacial score (nSPS) is 14.3. The van der Waals surface area contributed by atoms with Crippen LogP contribution in [0.3, 0.4) is 0 Å². The molecule has 2 aromatic rings. The van der Waals surface area contributed by atoms with E-state index in [-0.39, 0.29) is 16.5 Å². The van der Waals surface area contributed by atoms with E-state index < -0.39 is 11.8 Å². The van der Waals surface area contributed by atoms with Gasteiger partial charge >= 0.3 is 0 Å². The highest BCUT2D eigenvalue weighted by Crippen LogP contribution is 2.31. The Morgan fingerprint density at radius 2 is 1.79 bits per heavy atom. The Morgan fingerprint density at radius 1 is 1.08 bits per heavy atom. The van der Waals surface area contributed by atoms with Crippen molar-refractivity contribution in [2.75, 3.05) is 17.3 Å². The summed E-state index contributed by atoms with van der Waals surface area (Å²) >= 11 is 6.03. The molecule has 122 valence electrons. The van der Waals surface area contributed by atoms with E-state index in [1.165, 1.54) is 19.2 Å². The number of nitrogens with one attached hydrogen (secondary N) is 1. The third-order valence-electron chi connectivity index (χ3n) is 3.47. The van der Waals surface area contributed by atoms with Gasteiger partial charge in [-0.05, 0) is 36.4 Å². The lowest BCUT2D eigenvalue weighted by molar-refractivity contribution is -0.120. The van der Waals surface area contributed by atoms with E-state index in [0.717, 1.165) is 4.90 Å². The number of carbonyl (C=O) groups is 2. The molecule has 1 heterocycles. The number of anilines is 2. The van der Waals surface area contributed by atoms with Crippen molar-refractivity contribution in [3.8, 4) is 11.5 Å². The Bertz CT molecular complexity index is 846. The number of methoxy groups -OCH3 is 1. The number of rotatable bonds is 4. The Labute approximate surface area is 142 Å². The molecule has 0 saturated heterocycles. The lowest BCUT2D eigenvalue weighted by Gasteiger charge is -2.15. The number of hydrogen-bond donors (Lipinski definition) is 2. The van der Waals surface area contributed by atoms with Crippen LogP contribution in [-0.4, -0.2) is 24.0 Å². The summed E-state index contributed by atoms with van der Waals surface area (Å²) in [4.78, 5) is 25.9. The van der Waals surface area contributed by atoms with Gasteiger partial charge in [0, 0.05) is 11.8 Å². The molecule has 0 unspecified atom stereocenters. The number of aromatic hydroxyl groups is 1. The molecule has 0 atom stereocenters. The molecular formula is C17H13ClN2O4. The number of imide groups is 1. The smallest absolute Gasteiger partial charge is 0.283 e. The summed E-state index contributed by atoms with van der Waals surface area (Å²) in [5.74, 6) is -0.552. The maximum atomic E-state index is 12.6. The predicted molar refractivity (Wildman–Crippen MR) is 90.1 cm³/mol. The molecule has 0 fully saturated rings. The second-order valence-corrected chi connectivity index (χ2v) is 5.39. The molecule has 6 nitrogen and oxygen atoms in total. The molecular weight excluding hydrogens is 332 g/mol. The third-order valence-corrected chi connectivity index (χ3v) is 3.82. The van der Waals surface area contributed by atoms with E-state index >= 15 is 0 Å². The summed E-state index contributed by atoms with van der Waals surface area (Å²) in [6, 6.07) is 12.6. The first-order valence-electron chi connectivity index (χ1n) is 7.00. The van der Waals surface area contributed by atoms with Gasteiger partial charge in [-0.1, -0.05) is 17.7 Å². The van der Waals surface area contributed by atoms with Gasteiger partial charge in [0.1, 0.15) is 22.2 Å². The summed E-state index contributed by atoms with van der Waals surface area (Å²) in [7, 11) is 1.52. The third kappa shape index (κ3) is 2.79. The molecule has 0 saturated carbocycles. The fourth-order valence-corrected chi connectivity index (χ4v) is 2.52. The quantitative estimate of drug-likeness (QED) is 0.834. The highest BCUT2D eigenvalue weighted by atomic mass is 35.5. The molecule has 2 N–H and O–H groups in total. The standard InChI is InChI=1S/C17H13ClN2O4/c1-24-13-7-5-11(6-8-13)20-16(22)14(18)15(17(20)23)19-10-3-2-4-12(21)9-10/h2-9,19,21H,1H3. The number of phenols is 1. The van der Waals surface area contributed by atoms with Gasteiger partial charge in [-0.25, -0.2) is 4.90 Å². The van der Waals surface area contributed by atoms with Gasteiger partial charge in [0.15, 0.2) is 0 Å². The van der Waals surface area contributed by atoms with Crippen LogP contribution in [0.15, 0.2) is 59.3 Å². The highest BCUT2D eigenvalue weighted by Gasteiger charge is 2.38. The number of hydrogen-bond acceptors (Lipinski definition) is 5. The SMILES string of the molecule is COc1ccc(N2C(=O)C(Cl)=C(Nc3cccc(O)c3)C2=O)cc1. The molecule has 0 aromatic heterocycles. The lowest BCUT2D eigenvalue weighted by atomic mass is 10.2. The molecule has 24 heavy (non-hydrogen) atoms. The first-order valence-corrected chi connectivity index (χ1v) is 7.37. The zero-order valence-corrected chi connectivity index (χ0v) is 13.4. The molecule has 2 aromatic carbocycles. The van der Waals surface area contributed by atoms with E-state index in [1.807, 2.05) is 0 Å². The molecule has 1 aliphatic heterocycles. The minimum absolute atomic E-state index is 0.0282. The van der Waals surface area contributed by atoms with Crippen LogP contribution in [0.4, 0.5) is 11.4 Å². The molecule has 3 rings (SSSR count). The van der Waals surface area contributed by atoms with Crippen LogP contribution in [0.1, 0.15) is 0 Å². The number of ether oxygens (including phenoxy) is 1. The summed E-state index contributed by atoms with van der Waals surface area (Å²) in [6.07, 6.45) is 0. The van der Waals surface area contributed by atoms with Crippen LogP contribution in [0.5, 0.6) is 11.5 Å². The van der Waals surface area contributed by atoms with Gasteiger partial charge in [0.25, 0.3) is 11.8 Å². The fourth-order valence-electron chi connectivity index (χ4n) is 2.31. The zero-order chi connectivity index (χ0) is 17.3. The van der Waals surface area contributed by atoms with Crippen molar-refractivity contribution in [1.82, 2.24) is 0 Å². The van der Waals surface area contributed by atoms with Crippen LogP contribution in [-0.2, 0) is 9.59 Å². The van der Waals surface area contributed by atoms with Gasteiger partial charge in [0.05, 0.1) is 12.8 Å². The first-order chi connectivity index (χ1) is 11.5. The van der Waals surface area contributed by atoms with E-state index in [0.29, 0.717) is 17.1 Å². The van der Waals surface area contributed by atoms with Crippen molar-refractivity contribution >= 4 is 34.8 Å². The van der Waals surface area contributed by atoms with Gasteiger partial charge < -0.3 is 15.2 Å². The Hall–Kier alpha value is -2.99. The van der Waals surface area contributed by atoms with Crippen molar-refractivity contribution in [1.29, 1.82) is 0 Å². The van der Waals surface area contributed by atoms with Gasteiger partial charge in [-0.3, -0.25) is 9.59 Å². The van der Waals surface area contributed by atoms with Gasteiger partial charge in [-0.15, -0.1) is 0 Å². The van der Waals surface area contributed by atoms with E-state index in [4.69, 9.17) is 16.3 Å². The second-order valence-electron chi connectivity index (χ2n) is 5.01. The average molecular weight is 345 g/mol. The molecule has 0 radical (unpaired) electrons. The first kappa shape index (κ1) is 15.9. The maximum absolute atomic E-state index is 12.6. The van der Waals surface area contributed by atoms with Crippen molar-refractivity contribution in [2.24, 2.45) is 0 Å². The maximum Gasteiger partial charge on any atom is 0.283 e. The Balaban J connectivity index is 1.89. The highest BCUT2D eigenvalue weighted by molar-refractivity contribution is 6.53. The number of halogens is 1. The van der Waals surface area contributed by atoms with Crippen LogP contribution in [0.25, 0.3) is 0 Å². The van der Waals surface area contributed by atoms with Crippen molar-refractivity contribution in [3.05, 3.63) is 59.3 Å². The minimum atomic E-state index is -0.616. The van der Waals surface area contributed by atoms with Gasteiger partial charge in [0.2, 0.25) is 0 Å². The van der Waals surface area contributed by atoms with E-state index in [1.54, 1.807) is 36.4 Å². The summed E-state index contributed by atoms with van der Waals surface area (Å²) < 4.78 is 5.06. The van der Waals surface area contributed by atoms with Crippen molar-refractivity contribution in [2.45, 2.75) is 0 Å². The van der Waals surface area contributed by atoms with E-state index in [2.05, 4.69) is 5.32 Å². The fraction of sp³-hybridized carbons (Fsp3) is 0.0588. The summed E-state index contributed by atoms with van der Waals surface area (Å²) in [5, 5.41) is 12.1. The molecule has 0 spiro atoms. The van der Waals surface area contributed by atoms with Crippen LogP contribution >= 0.6 is 11.6 Å². The number of carbonyl (C=O) groups excluding carboxylic acids is 2. The molecule has 7 heteroatoms. The van der Waals surface area contributed by atoms with E-state index in [9.17, 15) is 14.7 Å². The number of phenolic OH excluding ortho intramolecular Hbond substituents is 1. The summed E-state index contributed by atoms with van der Waals surface area (Å²) in [6.45, 7) is 0. The van der Waals surface area contributed by atoms with Crippen molar-refractivity contribution < 1.29 is 19.4 Å². The van der Waals surface area contributed by atoms with Crippen LogP contribution in [0, 0.1) is 0 Å². The minimum Gasteiger partial charge on any atom is -0.508 e. The number of nitrogens with zero attached hydrogens (tertiary/aromatic N) is 1. The average Bonchev–Trinajstić information content (AvgIpc) is 2.79. The number of benzene rings is 2.